The number of oxime groups is 1. The summed E-state index contributed by atoms with van der Waals surface area (Å²) < 4.78 is 5.46. The summed E-state index contributed by atoms with van der Waals surface area (Å²) >= 11 is 0. The molecule has 2 aromatic carbocycles. The summed E-state index contributed by atoms with van der Waals surface area (Å²) in [7, 11) is 0. The molecule has 33 heavy (non-hydrogen) atoms. The van der Waals surface area contributed by atoms with Crippen LogP contribution in [-0.2, 0) is 28.9 Å². The minimum atomic E-state index is -0.963. The molecule has 4 rings (SSSR count). The fraction of sp³-hybridized carbons (Fsp3) is 0.259. The number of carboxylic acid groups (broad SMARTS) is 1. The summed E-state index contributed by atoms with van der Waals surface area (Å²) in [5.74, 6) is 0.134. The van der Waals surface area contributed by atoms with Gasteiger partial charge in [-0.05, 0) is 65.6 Å². The number of rotatable bonds is 10. The van der Waals surface area contributed by atoms with Crippen molar-refractivity contribution >= 4 is 11.7 Å². The number of nitrogens with one attached hydrogen (secondary N) is 1. The minimum absolute atomic E-state index is 0.313. The number of aromatic nitrogens is 1. The minimum Gasteiger partial charge on any atom is -0.482 e. The summed E-state index contributed by atoms with van der Waals surface area (Å²) in [6, 6.07) is 18.0. The van der Waals surface area contributed by atoms with Gasteiger partial charge in [0, 0.05) is 18.8 Å². The Hall–Kier alpha value is -3.80. The second-order valence-corrected chi connectivity index (χ2v) is 8.10. The smallest absolute Gasteiger partial charge is 0.341 e. The van der Waals surface area contributed by atoms with Gasteiger partial charge in [-0.15, -0.1) is 0 Å². The molecule has 1 aromatic heterocycles. The number of carboxylic acids is 1. The highest BCUT2D eigenvalue weighted by molar-refractivity contribution is 6.01. The van der Waals surface area contributed by atoms with Crippen LogP contribution in [-0.4, -0.2) is 35.0 Å². The molecular weight excluding hydrogens is 416 g/mol. The van der Waals surface area contributed by atoms with Crippen LogP contribution in [0.15, 0.2) is 84.3 Å². The fourth-order valence-corrected chi connectivity index (χ4v) is 4.12. The molecule has 6 nitrogen and oxygen atoms in total. The number of aromatic amines is 1. The zero-order chi connectivity index (χ0) is 22.9. The first-order chi connectivity index (χ1) is 16.2. The Bertz CT molecular complexity index is 1100. The molecule has 0 saturated heterocycles. The number of aliphatic carboxylic acids is 1. The molecule has 0 spiro atoms. The lowest BCUT2D eigenvalue weighted by Gasteiger charge is -2.24. The van der Waals surface area contributed by atoms with E-state index in [0.717, 1.165) is 41.7 Å². The van der Waals surface area contributed by atoms with Crippen LogP contribution in [0.4, 0.5) is 0 Å². The molecule has 0 radical (unpaired) electrons. The van der Waals surface area contributed by atoms with Crippen LogP contribution in [0.3, 0.4) is 0 Å². The van der Waals surface area contributed by atoms with E-state index in [1.54, 1.807) is 0 Å². The van der Waals surface area contributed by atoms with Gasteiger partial charge in [-0.3, -0.25) is 0 Å². The average Bonchev–Trinajstić information content (AvgIpc) is 3.35. The topological polar surface area (TPSA) is 83.9 Å². The summed E-state index contributed by atoms with van der Waals surface area (Å²) in [5, 5.41) is 13.3. The lowest BCUT2D eigenvalue weighted by molar-refractivity contribution is -0.139. The molecule has 1 aliphatic carbocycles. The Balaban J connectivity index is 1.33. The molecule has 0 aliphatic heterocycles. The maximum Gasteiger partial charge on any atom is 0.341 e. The van der Waals surface area contributed by atoms with Crippen molar-refractivity contribution < 1.29 is 19.5 Å². The first-order valence-electron chi connectivity index (χ1n) is 11.2. The van der Waals surface area contributed by atoms with Crippen LogP contribution in [0.5, 0.6) is 5.75 Å². The Morgan fingerprint density at radius 2 is 2.03 bits per heavy atom. The van der Waals surface area contributed by atoms with E-state index in [-0.39, 0.29) is 6.61 Å². The van der Waals surface area contributed by atoms with E-state index in [2.05, 4.69) is 22.3 Å². The summed E-state index contributed by atoms with van der Waals surface area (Å²) in [4.78, 5) is 19.5. The van der Waals surface area contributed by atoms with Gasteiger partial charge in [0.25, 0.3) is 0 Å². The van der Waals surface area contributed by atoms with Crippen molar-refractivity contribution in [2.45, 2.75) is 25.7 Å². The van der Waals surface area contributed by atoms with Gasteiger partial charge in [0.15, 0.2) is 6.61 Å². The number of allylic oxidation sites excluding steroid dienone is 1. The maximum absolute atomic E-state index is 10.8. The number of carbonyl (C=O) groups is 1. The Morgan fingerprint density at radius 3 is 2.82 bits per heavy atom. The molecule has 3 aromatic rings. The monoisotopic (exact) mass is 444 g/mol. The fourth-order valence-electron chi connectivity index (χ4n) is 4.12. The van der Waals surface area contributed by atoms with Gasteiger partial charge < -0.3 is 19.7 Å². The quantitative estimate of drug-likeness (QED) is 0.204. The van der Waals surface area contributed by atoms with Crippen LogP contribution < -0.4 is 4.74 Å². The Labute approximate surface area is 193 Å². The largest absolute Gasteiger partial charge is 0.482 e. The maximum atomic E-state index is 10.8. The molecule has 0 bridgehead atoms. The van der Waals surface area contributed by atoms with Crippen molar-refractivity contribution in [1.82, 2.24) is 4.98 Å². The molecule has 0 amide bonds. The number of ether oxygens (including phenoxy) is 1. The van der Waals surface area contributed by atoms with E-state index in [0.29, 0.717) is 24.7 Å². The van der Waals surface area contributed by atoms with E-state index in [1.807, 2.05) is 67.0 Å². The zero-order valence-electron chi connectivity index (χ0n) is 18.4. The molecule has 2 N–H and O–H groups in total. The summed E-state index contributed by atoms with van der Waals surface area (Å²) in [6.45, 7) is 0.0985. The Kier molecular flexibility index (Phi) is 7.59. The first kappa shape index (κ1) is 22.4. The van der Waals surface area contributed by atoms with Crippen LogP contribution >= 0.6 is 0 Å². The van der Waals surface area contributed by atoms with Gasteiger partial charge >= 0.3 is 5.97 Å². The van der Waals surface area contributed by atoms with Crippen LogP contribution in [0.2, 0.25) is 0 Å². The molecule has 1 heterocycles. The number of hydrogen-bond donors (Lipinski definition) is 2. The second-order valence-electron chi connectivity index (χ2n) is 8.10. The van der Waals surface area contributed by atoms with Gasteiger partial charge in [0.1, 0.15) is 12.4 Å². The van der Waals surface area contributed by atoms with Gasteiger partial charge in [0.05, 0.1) is 5.71 Å². The van der Waals surface area contributed by atoms with Gasteiger partial charge in [0.2, 0.25) is 0 Å². The second kappa shape index (κ2) is 11.2. The Morgan fingerprint density at radius 1 is 1.15 bits per heavy atom. The van der Waals surface area contributed by atoms with Crippen LogP contribution in [0, 0.1) is 5.92 Å². The number of benzene rings is 2. The summed E-state index contributed by atoms with van der Waals surface area (Å²) in [6.07, 6.45) is 11.6. The third-order valence-electron chi connectivity index (χ3n) is 5.72. The number of H-pyrrole nitrogens is 1. The highest BCUT2D eigenvalue weighted by atomic mass is 16.6. The SMILES string of the molecule is O=C(O)COc1cccc2c1CCC(C=CCON=C(Cc1cc[nH]c1)c1ccccc1)C2. The lowest BCUT2D eigenvalue weighted by atomic mass is 9.83. The van der Waals surface area contributed by atoms with E-state index >= 15 is 0 Å². The summed E-state index contributed by atoms with van der Waals surface area (Å²) in [5.41, 5.74) is 5.44. The normalized spacial score (nSPS) is 15.9. The van der Waals surface area contributed by atoms with Crippen molar-refractivity contribution in [1.29, 1.82) is 0 Å². The standard InChI is InChI=1S/C27H28N2O4/c30-27(31)19-32-26-10-4-9-23-16-20(11-12-24(23)26)6-5-15-33-29-25(17-21-13-14-28-18-21)22-7-2-1-3-8-22/h1-10,13-14,18,20,28H,11-12,15-17,19H2,(H,30,31). The van der Waals surface area contributed by atoms with Gasteiger partial charge in [-0.1, -0.05) is 53.7 Å². The van der Waals surface area contributed by atoms with Crippen molar-refractivity contribution in [3.8, 4) is 5.75 Å². The molecule has 1 unspecified atom stereocenters. The number of hydrogen-bond acceptors (Lipinski definition) is 4. The zero-order valence-corrected chi connectivity index (χ0v) is 18.4. The predicted molar refractivity (Wildman–Crippen MR) is 128 cm³/mol. The van der Waals surface area contributed by atoms with E-state index in [4.69, 9.17) is 14.7 Å². The number of nitrogens with zero attached hydrogens (tertiary/aromatic N) is 1. The molecule has 170 valence electrons. The molecular formula is C27H28N2O4. The van der Waals surface area contributed by atoms with Gasteiger partial charge in [-0.2, -0.15) is 0 Å². The highest BCUT2D eigenvalue weighted by Gasteiger charge is 2.20. The third kappa shape index (κ3) is 6.35. The van der Waals surface area contributed by atoms with Crippen LogP contribution in [0.1, 0.15) is 28.7 Å². The van der Waals surface area contributed by atoms with E-state index in [9.17, 15) is 4.79 Å². The highest BCUT2D eigenvalue weighted by Crippen LogP contribution is 2.32. The molecule has 1 atom stereocenters. The van der Waals surface area contributed by atoms with Crippen molar-refractivity contribution in [3.05, 3.63) is 101 Å². The average molecular weight is 445 g/mol. The molecule has 0 saturated carbocycles. The molecule has 1 aliphatic rings. The van der Waals surface area contributed by atoms with Crippen molar-refractivity contribution in [2.24, 2.45) is 11.1 Å². The first-order valence-corrected chi connectivity index (χ1v) is 11.2. The van der Waals surface area contributed by atoms with Crippen molar-refractivity contribution in [3.63, 3.8) is 0 Å². The van der Waals surface area contributed by atoms with E-state index < -0.39 is 5.97 Å². The third-order valence-corrected chi connectivity index (χ3v) is 5.72. The van der Waals surface area contributed by atoms with Crippen LogP contribution in [0.25, 0.3) is 0 Å². The van der Waals surface area contributed by atoms with E-state index in [1.165, 1.54) is 5.56 Å². The van der Waals surface area contributed by atoms with Crippen molar-refractivity contribution in [2.75, 3.05) is 13.2 Å². The molecule has 6 heteroatoms. The number of fused-ring (bicyclic) bond motifs is 1. The predicted octanol–water partition coefficient (Wildman–Crippen LogP) is 4.80. The molecule has 0 fully saturated rings. The van der Waals surface area contributed by atoms with Gasteiger partial charge in [-0.25, -0.2) is 4.79 Å². The lowest BCUT2D eigenvalue weighted by Crippen LogP contribution is -2.16.